The quantitative estimate of drug-likeness (QED) is 0.181. The van der Waals surface area contributed by atoms with Crippen LogP contribution in [0.2, 0.25) is 0 Å². The van der Waals surface area contributed by atoms with Gasteiger partial charge in [-0.1, -0.05) is 182 Å². The Morgan fingerprint density at radius 2 is 0.455 bits per heavy atom. The summed E-state index contributed by atoms with van der Waals surface area (Å²) in [6, 6.07) is 65.1. The van der Waals surface area contributed by atoms with Crippen molar-refractivity contribution in [2.24, 2.45) is 0 Å². The molecule has 1 aliphatic heterocycles. The molecule has 0 bridgehead atoms. The summed E-state index contributed by atoms with van der Waals surface area (Å²) in [6.07, 6.45) is 0. The van der Waals surface area contributed by atoms with E-state index in [2.05, 4.69) is 192 Å². The SMILES string of the molecule is c1ccc(CN2C(c3ccccc3)=C(c3ccccc3)N(Cc3ccccc3)C(c3ccccc3)=C2c2ccccc2)cc1. The maximum atomic E-state index is 2.55. The number of nitrogens with zero attached hydrogens (tertiary/aromatic N) is 2. The van der Waals surface area contributed by atoms with Crippen molar-refractivity contribution in [3.63, 3.8) is 0 Å². The van der Waals surface area contributed by atoms with E-state index in [0.29, 0.717) is 0 Å². The van der Waals surface area contributed by atoms with Gasteiger partial charge >= 0.3 is 0 Å². The minimum absolute atomic E-state index is 0.723. The molecule has 0 radical (unpaired) electrons. The predicted molar refractivity (Wildman–Crippen MR) is 183 cm³/mol. The average molecular weight is 567 g/mol. The summed E-state index contributed by atoms with van der Waals surface area (Å²) >= 11 is 0. The van der Waals surface area contributed by atoms with Gasteiger partial charge in [0.25, 0.3) is 0 Å². The second-order valence-electron chi connectivity index (χ2n) is 11.0. The predicted octanol–water partition coefficient (Wildman–Crippen LogP) is 10.1. The highest BCUT2D eigenvalue weighted by molar-refractivity contribution is 6.05. The third-order valence-corrected chi connectivity index (χ3v) is 8.08. The fourth-order valence-corrected chi connectivity index (χ4v) is 6.14. The van der Waals surface area contributed by atoms with Crippen LogP contribution >= 0.6 is 0 Å². The minimum atomic E-state index is 0.723. The third-order valence-electron chi connectivity index (χ3n) is 8.08. The Morgan fingerprint density at radius 1 is 0.250 bits per heavy atom. The van der Waals surface area contributed by atoms with Gasteiger partial charge in [0, 0.05) is 35.3 Å². The lowest BCUT2D eigenvalue weighted by atomic mass is 9.92. The molecule has 7 rings (SSSR count). The summed E-state index contributed by atoms with van der Waals surface area (Å²) in [6.45, 7) is 1.45. The zero-order valence-corrected chi connectivity index (χ0v) is 24.6. The largest absolute Gasteiger partial charge is 0.333 e. The molecule has 0 amide bonds. The highest BCUT2D eigenvalue weighted by Gasteiger charge is 2.36. The highest BCUT2D eigenvalue weighted by atomic mass is 15.3. The number of rotatable bonds is 8. The summed E-state index contributed by atoms with van der Waals surface area (Å²) in [5.41, 5.74) is 12.0. The van der Waals surface area contributed by atoms with Gasteiger partial charge in [-0.3, -0.25) is 0 Å². The van der Waals surface area contributed by atoms with Gasteiger partial charge in [-0.2, -0.15) is 0 Å². The van der Waals surface area contributed by atoms with E-state index in [0.717, 1.165) is 13.1 Å². The average Bonchev–Trinajstić information content (AvgIpc) is 3.11. The zero-order valence-electron chi connectivity index (χ0n) is 24.6. The van der Waals surface area contributed by atoms with Crippen molar-refractivity contribution < 1.29 is 0 Å². The lowest BCUT2D eigenvalue weighted by Crippen LogP contribution is -2.35. The summed E-state index contributed by atoms with van der Waals surface area (Å²) < 4.78 is 0. The van der Waals surface area contributed by atoms with Crippen LogP contribution in [0.5, 0.6) is 0 Å². The van der Waals surface area contributed by atoms with Gasteiger partial charge in [-0.05, 0) is 11.1 Å². The van der Waals surface area contributed by atoms with Crippen molar-refractivity contribution in [1.29, 1.82) is 0 Å². The first-order chi connectivity index (χ1) is 21.9. The van der Waals surface area contributed by atoms with E-state index in [1.165, 1.54) is 56.2 Å². The molecule has 1 heterocycles. The van der Waals surface area contributed by atoms with Crippen LogP contribution in [0.3, 0.4) is 0 Å². The molecule has 1 aliphatic rings. The van der Waals surface area contributed by atoms with E-state index in [4.69, 9.17) is 0 Å². The minimum Gasteiger partial charge on any atom is -0.333 e. The molecule has 0 aliphatic carbocycles. The molecule has 44 heavy (non-hydrogen) atoms. The van der Waals surface area contributed by atoms with Crippen LogP contribution in [0, 0.1) is 0 Å². The Hall–Kier alpha value is -5.60. The Labute approximate surface area is 260 Å². The molecule has 212 valence electrons. The Bertz CT molecular complexity index is 1620. The van der Waals surface area contributed by atoms with Gasteiger partial charge in [0.2, 0.25) is 0 Å². The highest BCUT2D eigenvalue weighted by Crippen LogP contribution is 2.49. The van der Waals surface area contributed by atoms with Gasteiger partial charge in [0.15, 0.2) is 0 Å². The summed E-state index contributed by atoms with van der Waals surface area (Å²) in [5.74, 6) is 0. The lowest BCUT2D eigenvalue weighted by molar-refractivity contribution is 0.483. The monoisotopic (exact) mass is 566 g/mol. The van der Waals surface area contributed by atoms with Crippen molar-refractivity contribution in [3.8, 4) is 0 Å². The molecule has 6 aromatic carbocycles. The Balaban J connectivity index is 1.61. The fourth-order valence-electron chi connectivity index (χ4n) is 6.14. The first-order valence-corrected chi connectivity index (χ1v) is 15.2. The van der Waals surface area contributed by atoms with Gasteiger partial charge in [-0.15, -0.1) is 0 Å². The third kappa shape index (κ3) is 5.58. The van der Waals surface area contributed by atoms with E-state index in [1.54, 1.807) is 0 Å². The van der Waals surface area contributed by atoms with Gasteiger partial charge in [-0.25, -0.2) is 0 Å². The van der Waals surface area contributed by atoms with Gasteiger partial charge in [0.05, 0.1) is 22.8 Å². The van der Waals surface area contributed by atoms with Crippen molar-refractivity contribution >= 4 is 22.8 Å². The van der Waals surface area contributed by atoms with Crippen LogP contribution in [-0.2, 0) is 13.1 Å². The molecule has 2 heteroatoms. The van der Waals surface area contributed by atoms with Crippen molar-refractivity contribution in [2.45, 2.75) is 13.1 Å². The molecule has 0 saturated carbocycles. The molecule has 0 N–H and O–H groups in total. The van der Waals surface area contributed by atoms with E-state index in [9.17, 15) is 0 Å². The summed E-state index contributed by atoms with van der Waals surface area (Å²) in [5, 5.41) is 0. The number of benzene rings is 6. The molecule has 0 fully saturated rings. The maximum absolute atomic E-state index is 2.55. The number of hydrogen-bond acceptors (Lipinski definition) is 2. The van der Waals surface area contributed by atoms with Crippen LogP contribution < -0.4 is 0 Å². The van der Waals surface area contributed by atoms with Crippen LogP contribution in [-0.4, -0.2) is 9.80 Å². The maximum Gasteiger partial charge on any atom is 0.0735 e. The molecule has 0 unspecified atom stereocenters. The van der Waals surface area contributed by atoms with E-state index in [-0.39, 0.29) is 0 Å². The summed E-state index contributed by atoms with van der Waals surface area (Å²) in [7, 11) is 0. The lowest BCUT2D eigenvalue weighted by Gasteiger charge is -2.44. The standard InChI is InChI=1S/C42H34N2/c1-7-19-33(20-8-1)31-43-39(35-23-11-3-12-24-35)41(37-27-15-5-16-28-37)44(32-34-21-9-2-10-22-34)42(38-29-17-6-18-30-38)40(43)36-25-13-4-14-26-36/h1-30H,31-32H2. The molecule has 0 spiro atoms. The van der Waals surface area contributed by atoms with Crippen molar-refractivity contribution in [2.75, 3.05) is 0 Å². The van der Waals surface area contributed by atoms with Gasteiger partial charge in [0.1, 0.15) is 0 Å². The molecule has 0 saturated heterocycles. The van der Waals surface area contributed by atoms with Gasteiger partial charge < -0.3 is 9.80 Å². The van der Waals surface area contributed by atoms with Crippen LogP contribution in [0.1, 0.15) is 33.4 Å². The molecule has 0 atom stereocenters. The smallest absolute Gasteiger partial charge is 0.0735 e. The topological polar surface area (TPSA) is 6.48 Å². The van der Waals surface area contributed by atoms with E-state index >= 15 is 0 Å². The Morgan fingerprint density at radius 3 is 0.682 bits per heavy atom. The fraction of sp³-hybridized carbons (Fsp3) is 0.0476. The van der Waals surface area contributed by atoms with Crippen LogP contribution in [0.4, 0.5) is 0 Å². The van der Waals surface area contributed by atoms with E-state index in [1.807, 2.05) is 0 Å². The van der Waals surface area contributed by atoms with E-state index < -0.39 is 0 Å². The first-order valence-electron chi connectivity index (χ1n) is 15.2. The first kappa shape index (κ1) is 27.2. The second kappa shape index (κ2) is 12.7. The normalized spacial score (nSPS) is 13.4. The number of hydrogen-bond donors (Lipinski definition) is 0. The van der Waals surface area contributed by atoms with Crippen molar-refractivity contribution in [3.05, 3.63) is 215 Å². The molecule has 6 aromatic rings. The summed E-state index contributed by atoms with van der Waals surface area (Å²) in [4.78, 5) is 5.10. The molecule has 2 nitrogen and oxygen atoms in total. The molecule has 0 aromatic heterocycles. The zero-order chi connectivity index (χ0) is 29.6. The second-order valence-corrected chi connectivity index (χ2v) is 11.0. The Kier molecular flexibility index (Phi) is 7.88. The van der Waals surface area contributed by atoms with Crippen LogP contribution in [0.25, 0.3) is 22.8 Å². The van der Waals surface area contributed by atoms with Crippen LogP contribution in [0.15, 0.2) is 182 Å². The molecular weight excluding hydrogens is 532 g/mol. The molecular formula is C42H34N2. The van der Waals surface area contributed by atoms with Crippen molar-refractivity contribution in [1.82, 2.24) is 9.80 Å².